The van der Waals surface area contributed by atoms with E-state index in [1.54, 1.807) is 6.92 Å². The van der Waals surface area contributed by atoms with Crippen LogP contribution in [0.3, 0.4) is 0 Å². The monoisotopic (exact) mass is 180 g/mol. The van der Waals surface area contributed by atoms with Crippen molar-refractivity contribution >= 4 is 5.57 Å². The Kier molecular flexibility index (Phi) is 3.65. The van der Waals surface area contributed by atoms with Crippen molar-refractivity contribution in [2.24, 2.45) is 0 Å². The minimum absolute atomic E-state index is 0.0424. The van der Waals surface area contributed by atoms with Crippen molar-refractivity contribution in [3.05, 3.63) is 41.7 Å². The molecule has 0 aliphatic carbocycles. The zero-order valence-corrected chi connectivity index (χ0v) is 7.88. The molecule has 0 atom stereocenters. The minimum atomic E-state index is -0.214. The molecule has 1 nitrogen and oxygen atoms in total. The molecule has 70 valence electrons. The van der Waals surface area contributed by atoms with Crippen molar-refractivity contribution in [1.82, 2.24) is 0 Å². The van der Waals surface area contributed by atoms with Gasteiger partial charge in [-0.05, 0) is 18.1 Å². The summed E-state index contributed by atoms with van der Waals surface area (Å²) in [5, 5.41) is 0. The highest BCUT2D eigenvalue weighted by Crippen LogP contribution is 2.18. The Morgan fingerprint density at radius 1 is 1.31 bits per heavy atom. The average molecular weight is 180 g/mol. The molecular weight excluding hydrogens is 167 g/mol. The molecule has 0 saturated heterocycles. The molecule has 0 fully saturated rings. The summed E-state index contributed by atoms with van der Waals surface area (Å²) in [5.41, 5.74) is 1.54. The van der Waals surface area contributed by atoms with Crippen LogP contribution >= 0.6 is 0 Å². The molecule has 0 saturated carbocycles. The predicted molar refractivity (Wildman–Crippen MR) is 52.0 cm³/mol. The van der Waals surface area contributed by atoms with Crippen molar-refractivity contribution in [2.45, 2.75) is 6.92 Å². The van der Waals surface area contributed by atoms with Crippen molar-refractivity contribution in [2.75, 3.05) is 13.7 Å². The first kappa shape index (κ1) is 9.93. The van der Waals surface area contributed by atoms with Gasteiger partial charge in [0.15, 0.2) is 0 Å². The van der Waals surface area contributed by atoms with Crippen molar-refractivity contribution in [3.8, 4) is 0 Å². The number of methoxy groups -OCH3 is 1. The van der Waals surface area contributed by atoms with Crippen molar-refractivity contribution in [1.29, 1.82) is 0 Å². The lowest BCUT2D eigenvalue weighted by Gasteiger charge is -2.03. The second-order valence-electron chi connectivity index (χ2n) is 2.83. The minimum Gasteiger partial charge on any atom is -0.378 e. The van der Waals surface area contributed by atoms with Gasteiger partial charge in [-0.3, -0.25) is 0 Å². The standard InChI is InChI=1S/C11H13FO/c1-9(11(12)8-13-2)10-6-4-3-5-7-10/h3-7H,8H2,1-2H3/b11-9+. The smallest absolute Gasteiger partial charge is 0.129 e. The van der Waals surface area contributed by atoms with Gasteiger partial charge in [0.25, 0.3) is 0 Å². The van der Waals surface area contributed by atoms with Crippen LogP contribution in [0.15, 0.2) is 36.2 Å². The van der Waals surface area contributed by atoms with Crippen LogP contribution in [0, 0.1) is 0 Å². The Morgan fingerprint density at radius 2 is 1.92 bits per heavy atom. The van der Waals surface area contributed by atoms with Crippen molar-refractivity contribution in [3.63, 3.8) is 0 Å². The molecule has 2 heteroatoms. The molecule has 0 aliphatic rings. The average Bonchev–Trinajstić information content (AvgIpc) is 2.18. The zero-order valence-electron chi connectivity index (χ0n) is 7.88. The molecule has 0 aromatic heterocycles. The largest absolute Gasteiger partial charge is 0.378 e. The molecule has 0 amide bonds. The van der Waals surface area contributed by atoms with Gasteiger partial charge >= 0.3 is 0 Å². The fraction of sp³-hybridized carbons (Fsp3) is 0.273. The Hall–Kier alpha value is -1.15. The number of ether oxygens (including phenoxy) is 1. The zero-order chi connectivity index (χ0) is 9.68. The van der Waals surface area contributed by atoms with Crippen LogP contribution in [0.1, 0.15) is 12.5 Å². The SMILES string of the molecule is COC/C(F)=C(/C)c1ccccc1. The molecule has 0 spiro atoms. The number of rotatable bonds is 3. The summed E-state index contributed by atoms with van der Waals surface area (Å²) in [6.07, 6.45) is 0. The molecule has 1 rings (SSSR count). The first-order valence-corrected chi connectivity index (χ1v) is 4.15. The molecule has 0 radical (unpaired) electrons. The third-order valence-electron chi connectivity index (χ3n) is 1.88. The first-order valence-electron chi connectivity index (χ1n) is 4.15. The molecule has 0 unspecified atom stereocenters. The first-order chi connectivity index (χ1) is 6.25. The van der Waals surface area contributed by atoms with Crippen LogP contribution in [0.4, 0.5) is 4.39 Å². The van der Waals surface area contributed by atoms with Crippen LogP contribution in [-0.4, -0.2) is 13.7 Å². The quantitative estimate of drug-likeness (QED) is 0.694. The van der Waals surface area contributed by atoms with E-state index in [1.807, 2.05) is 30.3 Å². The maximum atomic E-state index is 13.2. The maximum Gasteiger partial charge on any atom is 0.129 e. The van der Waals surface area contributed by atoms with Crippen LogP contribution in [0.25, 0.3) is 5.57 Å². The summed E-state index contributed by atoms with van der Waals surface area (Å²) in [5.74, 6) is -0.214. The number of hydrogen-bond donors (Lipinski definition) is 0. The summed E-state index contributed by atoms with van der Waals surface area (Å²) in [7, 11) is 1.48. The Bertz CT molecular complexity index is 290. The van der Waals surface area contributed by atoms with Gasteiger partial charge in [-0.1, -0.05) is 30.3 Å². The highest BCUT2D eigenvalue weighted by atomic mass is 19.1. The topological polar surface area (TPSA) is 9.23 Å². The molecule has 0 aliphatic heterocycles. The highest BCUT2D eigenvalue weighted by molar-refractivity contribution is 5.65. The van der Waals surface area contributed by atoms with Crippen LogP contribution in [0.5, 0.6) is 0 Å². The Labute approximate surface area is 77.8 Å². The van der Waals surface area contributed by atoms with E-state index in [0.29, 0.717) is 5.57 Å². The fourth-order valence-corrected chi connectivity index (χ4v) is 1.08. The second-order valence-corrected chi connectivity index (χ2v) is 2.83. The number of allylic oxidation sites excluding steroid dienone is 1. The van der Waals surface area contributed by atoms with E-state index in [9.17, 15) is 4.39 Å². The lowest BCUT2D eigenvalue weighted by atomic mass is 10.1. The van der Waals surface area contributed by atoms with Gasteiger partial charge in [-0.25, -0.2) is 4.39 Å². The van der Waals surface area contributed by atoms with E-state index >= 15 is 0 Å². The van der Waals surface area contributed by atoms with Crippen LogP contribution in [-0.2, 0) is 4.74 Å². The van der Waals surface area contributed by atoms with E-state index in [1.165, 1.54) is 7.11 Å². The molecular formula is C11H13FO. The third kappa shape index (κ3) is 2.67. The van der Waals surface area contributed by atoms with Gasteiger partial charge in [0.2, 0.25) is 0 Å². The van der Waals surface area contributed by atoms with E-state index in [4.69, 9.17) is 4.74 Å². The van der Waals surface area contributed by atoms with Gasteiger partial charge in [-0.15, -0.1) is 0 Å². The summed E-state index contributed by atoms with van der Waals surface area (Å²) in [6.45, 7) is 1.80. The van der Waals surface area contributed by atoms with E-state index in [-0.39, 0.29) is 12.4 Å². The van der Waals surface area contributed by atoms with Gasteiger partial charge in [0, 0.05) is 7.11 Å². The summed E-state index contributed by atoms with van der Waals surface area (Å²) in [6, 6.07) is 9.44. The second kappa shape index (κ2) is 4.77. The third-order valence-corrected chi connectivity index (χ3v) is 1.88. The number of halogens is 1. The maximum absolute atomic E-state index is 13.2. The molecule has 1 aromatic carbocycles. The Balaban J connectivity index is 2.89. The fourth-order valence-electron chi connectivity index (χ4n) is 1.08. The summed E-state index contributed by atoms with van der Waals surface area (Å²) in [4.78, 5) is 0. The molecule has 0 N–H and O–H groups in total. The van der Waals surface area contributed by atoms with E-state index < -0.39 is 0 Å². The normalized spacial score (nSPS) is 12.5. The van der Waals surface area contributed by atoms with Gasteiger partial charge in [-0.2, -0.15) is 0 Å². The highest BCUT2D eigenvalue weighted by Gasteiger charge is 2.02. The summed E-state index contributed by atoms with van der Waals surface area (Å²) >= 11 is 0. The summed E-state index contributed by atoms with van der Waals surface area (Å²) < 4.78 is 18.0. The molecule has 13 heavy (non-hydrogen) atoms. The number of hydrogen-bond acceptors (Lipinski definition) is 1. The Morgan fingerprint density at radius 3 is 2.46 bits per heavy atom. The van der Waals surface area contributed by atoms with Crippen molar-refractivity contribution < 1.29 is 9.13 Å². The van der Waals surface area contributed by atoms with Crippen LogP contribution < -0.4 is 0 Å². The lowest BCUT2D eigenvalue weighted by Crippen LogP contribution is -1.92. The van der Waals surface area contributed by atoms with E-state index in [0.717, 1.165) is 5.56 Å². The van der Waals surface area contributed by atoms with E-state index in [2.05, 4.69) is 0 Å². The van der Waals surface area contributed by atoms with Gasteiger partial charge < -0.3 is 4.74 Å². The molecule has 0 heterocycles. The number of benzene rings is 1. The molecule has 1 aromatic rings. The lowest BCUT2D eigenvalue weighted by molar-refractivity contribution is 0.207. The predicted octanol–water partition coefficient (Wildman–Crippen LogP) is 3.03. The molecule has 0 bridgehead atoms. The van der Waals surface area contributed by atoms with Gasteiger partial charge in [0.1, 0.15) is 5.83 Å². The van der Waals surface area contributed by atoms with Crippen LogP contribution in [0.2, 0.25) is 0 Å². The van der Waals surface area contributed by atoms with Gasteiger partial charge in [0.05, 0.1) is 6.61 Å².